The fourth-order valence-corrected chi connectivity index (χ4v) is 3.55. The topological polar surface area (TPSA) is 49.3 Å². The molecule has 0 atom stereocenters. The van der Waals surface area contributed by atoms with E-state index in [9.17, 15) is 4.79 Å². The summed E-state index contributed by atoms with van der Waals surface area (Å²) in [5.41, 5.74) is 1.73. The molecule has 0 N–H and O–H groups in total. The second-order valence-corrected chi connectivity index (χ2v) is 6.65. The van der Waals surface area contributed by atoms with Crippen LogP contribution in [0.1, 0.15) is 33.8 Å². The van der Waals surface area contributed by atoms with Gasteiger partial charge in [-0.3, -0.25) is 9.78 Å². The number of hydrogen-bond donors (Lipinski definition) is 0. The summed E-state index contributed by atoms with van der Waals surface area (Å²) in [5, 5.41) is 2.09. The maximum atomic E-state index is 12.4. The Morgan fingerprint density at radius 1 is 1.36 bits per heavy atom. The Morgan fingerprint density at radius 3 is 2.82 bits per heavy atom. The third kappa shape index (κ3) is 3.11. The van der Waals surface area contributed by atoms with E-state index in [1.54, 1.807) is 23.7 Å². The van der Waals surface area contributed by atoms with Crippen molar-refractivity contribution in [3.63, 3.8) is 0 Å². The number of aromatic nitrogens is 2. The average Bonchev–Trinajstić information content (AvgIpc) is 3.19. The van der Waals surface area contributed by atoms with Gasteiger partial charge in [0.2, 0.25) is 0 Å². The lowest BCUT2D eigenvalue weighted by molar-refractivity contribution is 0.0786. The maximum Gasteiger partial charge on any atom is 0.274 e. The molecule has 3 rings (SSSR count). The van der Waals surface area contributed by atoms with E-state index >= 15 is 0 Å². The van der Waals surface area contributed by atoms with E-state index in [4.69, 9.17) is 0 Å². The number of nitrogens with zero attached hydrogens (tertiary/aromatic N) is 4. The van der Waals surface area contributed by atoms with Gasteiger partial charge in [-0.25, -0.2) is 4.98 Å². The monoisotopic (exact) mass is 316 g/mol. The normalized spacial score (nSPS) is 14.4. The summed E-state index contributed by atoms with van der Waals surface area (Å²) in [6.07, 6.45) is 5.44. The number of carbonyl (C=O) groups excluding carboxylic acids is 1. The highest BCUT2D eigenvalue weighted by Crippen LogP contribution is 2.20. The van der Waals surface area contributed by atoms with Crippen molar-refractivity contribution in [2.24, 2.45) is 0 Å². The number of carbonyl (C=O) groups is 1. The Bertz CT molecular complexity index is 664. The molecular formula is C16H20N4OS. The first kappa shape index (κ1) is 15.0. The molecule has 0 saturated carbocycles. The predicted molar refractivity (Wildman–Crippen MR) is 88.3 cm³/mol. The highest BCUT2D eigenvalue weighted by Gasteiger charge is 2.21. The van der Waals surface area contributed by atoms with Gasteiger partial charge < -0.3 is 9.80 Å². The van der Waals surface area contributed by atoms with Gasteiger partial charge in [0.25, 0.3) is 5.91 Å². The van der Waals surface area contributed by atoms with Gasteiger partial charge in [-0.05, 0) is 36.8 Å². The van der Waals surface area contributed by atoms with Crippen LogP contribution in [0.3, 0.4) is 0 Å². The van der Waals surface area contributed by atoms with E-state index < -0.39 is 0 Å². The predicted octanol–water partition coefficient (Wildman–Crippen LogP) is 2.72. The molecule has 1 saturated heterocycles. The molecule has 5 nitrogen and oxygen atoms in total. The Labute approximate surface area is 134 Å². The summed E-state index contributed by atoms with van der Waals surface area (Å²) in [7, 11) is 1.98. The second-order valence-electron chi connectivity index (χ2n) is 5.64. The lowest BCUT2D eigenvalue weighted by Crippen LogP contribution is -2.29. The van der Waals surface area contributed by atoms with Crippen LogP contribution in [0.15, 0.2) is 23.8 Å². The van der Waals surface area contributed by atoms with Crippen molar-refractivity contribution in [1.82, 2.24) is 14.9 Å². The van der Waals surface area contributed by atoms with Crippen LogP contribution in [-0.2, 0) is 6.54 Å². The molecule has 1 aliphatic rings. The first-order valence-electron chi connectivity index (χ1n) is 7.50. The van der Waals surface area contributed by atoms with Crippen molar-refractivity contribution in [2.45, 2.75) is 26.3 Å². The molecule has 0 spiro atoms. The van der Waals surface area contributed by atoms with Crippen molar-refractivity contribution in [3.05, 3.63) is 40.0 Å². The Balaban J connectivity index is 1.75. The molecule has 116 valence electrons. The fraction of sp³-hybridized carbons (Fsp3) is 0.438. The molecule has 0 unspecified atom stereocenters. The van der Waals surface area contributed by atoms with Gasteiger partial charge in [0.15, 0.2) is 0 Å². The molecule has 22 heavy (non-hydrogen) atoms. The van der Waals surface area contributed by atoms with Crippen LogP contribution < -0.4 is 4.90 Å². The van der Waals surface area contributed by atoms with Gasteiger partial charge in [0, 0.05) is 25.0 Å². The summed E-state index contributed by atoms with van der Waals surface area (Å²) in [4.78, 5) is 26.3. The van der Waals surface area contributed by atoms with Crippen LogP contribution in [-0.4, -0.2) is 40.9 Å². The smallest absolute Gasteiger partial charge is 0.274 e. The van der Waals surface area contributed by atoms with Crippen LogP contribution in [0.25, 0.3) is 0 Å². The molecule has 0 radical (unpaired) electrons. The first-order chi connectivity index (χ1) is 10.6. The minimum Gasteiger partial charge on any atom is -0.353 e. The lowest BCUT2D eigenvalue weighted by Gasteiger charge is -2.19. The number of rotatable bonds is 4. The number of likely N-dealkylation sites (tertiary alicyclic amines) is 1. The van der Waals surface area contributed by atoms with E-state index in [0.717, 1.165) is 38.3 Å². The first-order valence-corrected chi connectivity index (χ1v) is 8.38. The summed E-state index contributed by atoms with van der Waals surface area (Å²) in [6, 6.07) is 2.12. The third-order valence-electron chi connectivity index (χ3n) is 3.97. The number of hydrogen-bond acceptors (Lipinski definition) is 5. The number of anilines is 1. The molecular weight excluding hydrogens is 296 g/mol. The Kier molecular flexibility index (Phi) is 4.38. The van der Waals surface area contributed by atoms with Crippen LogP contribution in [0.5, 0.6) is 0 Å². The van der Waals surface area contributed by atoms with Crippen molar-refractivity contribution in [2.75, 3.05) is 25.0 Å². The van der Waals surface area contributed by atoms with Gasteiger partial charge in [-0.15, -0.1) is 11.3 Å². The summed E-state index contributed by atoms with van der Waals surface area (Å²) in [5.74, 6) is 0.727. The molecule has 6 heteroatoms. The van der Waals surface area contributed by atoms with Gasteiger partial charge >= 0.3 is 0 Å². The van der Waals surface area contributed by atoms with E-state index in [1.807, 2.05) is 16.8 Å². The molecule has 0 bridgehead atoms. The van der Waals surface area contributed by atoms with Crippen molar-refractivity contribution in [1.29, 1.82) is 0 Å². The SMILES string of the molecule is Cc1ccsc1CN(C)c1cncc(C(=O)N2CCCC2)n1. The summed E-state index contributed by atoms with van der Waals surface area (Å²) >= 11 is 1.74. The molecule has 3 heterocycles. The Hall–Kier alpha value is -1.95. The third-order valence-corrected chi connectivity index (χ3v) is 4.98. The summed E-state index contributed by atoms with van der Waals surface area (Å²) < 4.78 is 0. The molecule has 1 amide bonds. The molecule has 1 fully saturated rings. The van der Waals surface area contributed by atoms with E-state index in [0.29, 0.717) is 5.69 Å². The van der Waals surface area contributed by atoms with E-state index in [1.165, 1.54) is 10.4 Å². The van der Waals surface area contributed by atoms with Crippen LogP contribution >= 0.6 is 11.3 Å². The average molecular weight is 316 g/mol. The maximum absolute atomic E-state index is 12.4. The zero-order chi connectivity index (χ0) is 15.5. The molecule has 2 aromatic rings. The van der Waals surface area contributed by atoms with Gasteiger partial charge in [-0.1, -0.05) is 0 Å². The fourth-order valence-electron chi connectivity index (χ4n) is 2.59. The summed E-state index contributed by atoms with van der Waals surface area (Å²) in [6.45, 7) is 4.54. The molecule has 2 aromatic heterocycles. The minimum atomic E-state index is -0.00689. The largest absolute Gasteiger partial charge is 0.353 e. The number of aryl methyl sites for hydroxylation is 1. The number of thiophene rings is 1. The lowest BCUT2D eigenvalue weighted by atomic mass is 10.3. The van der Waals surface area contributed by atoms with Crippen molar-refractivity contribution >= 4 is 23.1 Å². The highest BCUT2D eigenvalue weighted by molar-refractivity contribution is 7.10. The minimum absolute atomic E-state index is 0.00689. The number of amides is 1. The van der Waals surface area contributed by atoms with Gasteiger partial charge in [-0.2, -0.15) is 0 Å². The molecule has 0 aromatic carbocycles. The van der Waals surface area contributed by atoms with Crippen LogP contribution in [0, 0.1) is 6.92 Å². The second kappa shape index (κ2) is 6.44. The van der Waals surface area contributed by atoms with Crippen LogP contribution in [0.2, 0.25) is 0 Å². The van der Waals surface area contributed by atoms with Crippen molar-refractivity contribution < 1.29 is 4.79 Å². The molecule has 0 aliphatic carbocycles. The van der Waals surface area contributed by atoms with Gasteiger partial charge in [0.1, 0.15) is 11.5 Å². The zero-order valence-corrected chi connectivity index (χ0v) is 13.8. The highest BCUT2D eigenvalue weighted by atomic mass is 32.1. The Morgan fingerprint density at radius 2 is 2.14 bits per heavy atom. The zero-order valence-electron chi connectivity index (χ0n) is 13.0. The quantitative estimate of drug-likeness (QED) is 0.870. The van der Waals surface area contributed by atoms with E-state index in [-0.39, 0.29) is 5.91 Å². The van der Waals surface area contributed by atoms with Crippen molar-refractivity contribution in [3.8, 4) is 0 Å². The van der Waals surface area contributed by atoms with E-state index in [2.05, 4.69) is 28.3 Å². The van der Waals surface area contributed by atoms with Gasteiger partial charge in [0.05, 0.1) is 18.9 Å². The molecule has 1 aliphatic heterocycles. The standard InChI is InChI=1S/C16H20N4OS/c1-12-5-8-22-14(12)11-19(2)15-10-17-9-13(18-15)16(21)20-6-3-4-7-20/h5,8-10H,3-4,6-7,11H2,1-2H3. The van der Waals surface area contributed by atoms with Crippen LogP contribution in [0.4, 0.5) is 5.82 Å².